The first-order chi connectivity index (χ1) is 12.8. The van der Waals surface area contributed by atoms with E-state index in [0.29, 0.717) is 18.4 Å². The zero-order chi connectivity index (χ0) is 17.7. The van der Waals surface area contributed by atoms with Gasteiger partial charge in [-0.25, -0.2) is 0 Å². The molecule has 4 heteroatoms. The summed E-state index contributed by atoms with van der Waals surface area (Å²) in [6.07, 6.45) is 2.02. The Morgan fingerprint density at radius 2 is 1.77 bits per heavy atom. The summed E-state index contributed by atoms with van der Waals surface area (Å²) < 4.78 is 0. The van der Waals surface area contributed by atoms with Crippen LogP contribution in [0.15, 0.2) is 48.5 Å². The monoisotopic (exact) mass is 348 g/mol. The van der Waals surface area contributed by atoms with Crippen LogP contribution in [-0.2, 0) is 0 Å². The number of Topliss-reactive ketones (excluding diaryl/α,β-unsaturated/α-hetero) is 1. The van der Waals surface area contributed by atoms with Gasteiger partial charge in [0.25, 0.3) is 0 Å². The predicted molar refractivity (Wildman–Crippen MR) is 102 cm³/mol. The highest BCUT2D eigenvalue weighted by atomic mass is 16.3. The molecule has 4 atom stereocenters. The second-order valence-electron chi connectivity index (χ2n) is 7.69. The number of nitrogens with zero attached hydrogens (tertiary/aromatic N) is 1. The molecule has 26 heavy (non-hydrogen) atoms. The summed E-state index contributed by atoms with van der Waals surface area (Å²) >= 11 is 0. The average molecular weight is 348 g/mol. The van der Waals surface area contributed by atoms with E-state index in [9.17, 15) is 9.90 Å². The molecule has 0 spiro atoms. The van der Waals surface area contributed by atoms with E-state index < -0.39 is 6.10 Å². The third kappa shape index (κ3) is 2.32. The molecule has 0 radical (unpaired) electrons. The van der Waals surface area contributed by atoms with E-state index in [1.54, 1.807) is 0 Å². The number of carbonyl (C=O) groups is 1. The highest BCUT2D eigenvalue weighted by Crippen LogP contribution is 2.52. The van der Waals surface area contributed by atoms with Crippen molar-refractivity contribution >= 4 is 11.5 Å². The average Bonchev–Trinajstić information content (AvgIpc) is 2.83. The van der Waals surface area contributed by atoms with Gasteiger partial charge in [0.2, 0.25) is 0 Å². The minimum atomic E-state index is -0.570. The Morgan fingerprint density at radius 1 is 1.00 bits per heavy atom. The molecule has 4 nitrogen and oxygen atoms in total. The molecule has 4 unspecified atom stereocenters. The van der Waals surface area contributed by atoms with Gasteiger partial charge in [0, 0.05) is 35.2 Å². The zero-order valence-electron chi connectivity index (χ0n) is 14.8. The maximum absolute atomic E-state index is 13.3. The van der Waals surface area contributed by atoms with Gasteiger partial charge in [0.05, 0.1) is 12.1 Å². The molecule has 3 aliphatic heterocycles. The minimum Gasteiger partial charge on any atom is -0.388 e. The Hall–Kier alpha value is -2.17. The first-order valence-corrected chi connectivity index (χ1v) is 9.65. The lowest BCUT2D eigenvalue weighted by Gasteiger charge is -2.41. The fourth-order valence-corrected chi connectivity index (χ4v) is 5.20. The minimum absolute atomic E-state index is 0.128. The highest BCUT2D eigenvalue weighted by molar-refractivity contribution is 6.03. The molecule has 0 aromatic heterocycles. The maximum atomic E-state index is 13.3. The van der Waals surface area contributed by atoms with E-state index in [0.717, 1.165) is 42.7 Å². The molecule has 0 saturated carbocycles. The summed E-state index contributed by atoms with van der Waals surface area (Å²) in [6, 6.07) is 15.9. The Balaban J connectivity index is 1.63. The van der Waals surface area contributed by atoms with Gasteiger partial charge in [-0.3, -0.25) is 4.79 Å². The predicted octanol–water partition coefficient (Wildman–Crippen LogP) is 3.03. The number of ketones is 1. The number of rotatable bonds is 2. The smallest absolute Gasteiger partial charge is 0.185 e. The molecule has 3 aliphatic rings. The van der Waals surface area contributed by atoms with Crippen molar-refractivity contribution in [1.82, 2.24) is 5.32 Å². The van der Waals surface area contributed by atoms with Crippen molar-refractivity contribution in [3.8, 4) is 0 Å². The van der Waals surface area contributed by atoms with Crippen molar-refractivity contribution in [2.75, 3.05) is 18.0 Å². The lowest BCUT2D eigenvalue weighted by molar-refractivity contribution is 0.0875. The Kier molecular flexibility index (Phi) is 3.84. The fraction of sp³-hybridized carbons (Fsp3) is 0.409. The summed E-state index contributed by atoms with van der Waals surface area (Å²) in [5, 5.41) is 14.3. The maximum Gasteiger partial charge on any atom is 0.185 e. The molecule has 0 amide bonds. The topological polar surface area (TPSA) is 52.6 Å². The quantitative estimate of drug-likeness (QED) is 0.819. The number of aliphatic hydroxyl groups excluding tert-OH is 1. The van der Waals surface area contributed by atoms with Gasteiger partial charge in [-0.15, -0.1) is 0 Å². The Labute approximate surface area is 153 Å². The van der Waals surface area contributed by atoms with Gasteiger partial charge in [-0.2, -0.15) is 0 Å². The van der Waals surface area contributed by atoms with E-state index in [1.165, 1.54) is 5.56 Å². The van der Waals surface area contributed by atoms with Crippen LogP contribution in [0.2, 0.25) is 0 Å². The standard InChI is InChI=1S/C22H24N2O2/c25-20-13-19(22(26)14-5-2-1-3-6-14)24-18-10-12-23-11-9-15(18)16-7-4-8-17(20)21(16)24/h1-8,15,18-20,23,25H,9-13H2. The number of benzene rings is 2. The first kappa shape index (κ1) is 16.0. The van der Waals surface area contributed by atoms with Crippen LogP contribution in [0.1, 0.15) is 52.8 Å². The van der Waals surface area contributed by atoms with Gasteiger partial charge in [0.1, 0.15) is 0 Å². The van der Waals surface area contributed by atoms with Gasteiger partial charge < -0.3 is 15.3 Å². The van der Waals surface area contributed by atoms with Crippen molar-refractivity contribution < 1.29 is 9.90 Å². The Bertz CT molecular complexity index is 835. The molecular weight excluding hydrogens is 324 g/mol. The summed E-state index contributed by atoms with van der Waals surface area (Å²) in [5.41, 5.74) is 4.19. The zero-order valence-corrected chi connectivity index (χ0v) is 14.8. The molecule has 0 aliphatic carbocycles. The van der Waals surface area contributed by atoms with Gasteiger partial charge >= 0.3 is 0 Å². The van der Waals surface area contributed by atoms with Crippen LogP contribution in [0.3, 0.4) is 0 Å². The molecule has 3 heterocycles. The Morgan fingerprint density at radius 3 is 2.62 bits per heavy atom. The third-order valence-electron chi connectivity index (χ3n) is 6.33. The van der Waals surface area contributed by atoms with Crippen LogP contribution in [0.5, 0.6) is 0 Å². The summed E-state index contributed by atoms with van der Waals surface area (Å²) in [5.74, 6) is 0.569. The number of hydrogen-bond donors (Lipinski definition) is 2. The highest BCUT2D eigenvalue weighted by Gasteiger charge is 2.48. The van der Waals surface area contributed by atoms with Crippen LogP contribution in [0.4, 0.5) is 5.69 Å². The number of carbonyl (C=O) groups excluding carboxylic acids is 1. The number of nitrogens with one attached hydrogen (secondary N) is 1. The van der Waals surface area contributed by atoms with Crippen molar-refractivity contribution in [1.29, 1.82) is 0 Å². The second-order valence-corrected chi connectivity index (χ2v) is 7.69. The molecule has 2 N–H and O–H groups in total. The van der Waals surface area contributed by atoms with Crippen LogP contribution >= 0.6 is 0 Å². The number of aliphatic hydroxyl groups is 1. The normalized spacial score (nSPS) is 29.7. The number of hydrogen-bond acceptors (Lipinski definition) is 4. The third-order valence-corrected chi connectivity index (χ3v) is 6.33. The molecule has 1 fully saturated rings. The van der Waals surface area contributed by atoms with Crippen molar-refractivity contribution in [2.24, 2.45) is 0 Å². The van der Waals surface area contributed by atoms with Crippen molar-refractivity contribution in [2.45, 2.75) is 43.4 Å². The summed E-state index contributed by atoms with van der Waals surface area (Å²) in [6.45, 7) is 1.99. The SMILES string of the molecule is O=C(c1ccccc1)C1CC(O)c2cccc3c2N1C1CCNCCC31. The lowest BCUT2D eigenvalue weighted by Crippen LogP contribution is -2.50. The fourth-order valence-electron chi connectivity index (χ4n) is 5.20. The van der Waals surface area contributed by atoms with Crippen LogP contribution in [0.25, 0.3) is 0 Å². The van der Waals surface area contributed by atoms with E-state index in [-0.39, 0.29) is 11.8 Å². The van der Waals surface area contributed by atoms with Gasteiger partial charge in [-0.1, -0.05) is 48.5 Å². The van der Waals surface area contributed by atoms with Crippen molar-refractivity contribution in [3.63, 3.8) is 0 Å². The summed E-state index contributed by atoms with van der Waals surface area (Å²) in [4.78, 5) is 15.7. The molecule has 5 rings (SSSR count). The first-order valence-electron chi connectivity index (χ1n) is 9.65. The van der Waals surface area contributed by atoms with E-state index in [4.69, 9.17) is 0 Å². The molecule has 2 aromatic carbocycles. The summed E-state index contributed by atoms with van der Waals surface area (Å²) in [7, 11) is 0. The van der Waals surface area contributed by atoms with Crippen LogP contribution < -0.4 is 10.2 Å². The lowest BCUT2D eigenvalue weighted by atomic mass is 9.88. The van der Waals surface area contributed by atoms with Gasteiger partial charge in [-0.05, 0) is 31.5 Å². The molecule has 1 saturated heterocycles. The van der Waals surface area contributed by atoms with Crippen LogP contribution in [-0.4, -0.2) is 36.1 Å². The van der Waals surface area contributed by atoms with E-state index in [1.807, 2.05) is 36.4 Å². The van der Waals surface area contributed by atoms with E-state index >= 15 is 0 Å². The molecular formula is C22H24N2O2. The molecule has 2 aromatic rings. The number of para-hydroxylation sites is 1. The molecule has 134 valence electrons. The number of fused-ring (bicyclic) bond motifs is 3. The second kappa shape index (κ2) is 6.22. The van der Waals surface area contributed by atoms with E-state index in [2.05, 4.69) is 22.3 Å². The largest absolute Gasteiger partial charge is 0.388 e. The van der Waals surface area contributed by atoms with Crippen LogP contribution in [0, 0.1) is 0 Å². The van der Waals surface area contributed by atoms with Crippen molar-refractivity contribution in [3.05, 3.63) is 65.2 Å². The molecule has 0 bridgehead atoms. The van der Waals surface area contributed by atoms with Gasteiger partial charge in [0.15, 0.2) is 5.78 Å². The number of anilines is 1.